The second-order valence-electron chi connectivity index (χ2n) is 2.87. The summed E-state index contributed by atoms with van der Waals surface area (Å²) in [6, 6.07) is 0. The third-order valence-electron chi connectivity index (χ3n) is 1.14. The number of carbonyl (C=O) groups excluding carboxylic acids is 1. The minimum absolute atomic E-state index is 0.0911. The predicted molar refractivity (Wildman–Crippen MR) is 57.3 cm³/mol. The van der Waals surface area contributed by atoms with E-state index in [4.69, 9.17) is 15.3 Å². The summed E-state index contributed by atoms with van der Waals surface area (Å²) in [5.74, 6) is -2.85. The van der Waals surface area contributed by atoms with Crippen molar-refractivity contribution < 1.29 is 34.4 Å². The van der Waals surface area contributed by atoms with E-state index < -0.39 is 18.0 Å². The molecule has 98 valence electrons. The van der Waals surface area contributed by atoms with E-state index in [1.54, 1.807) is 13.8 Å². The van der Waals surface area contributed by atoms with Gasteiger partial charge < -0.3 is 20.1 Å². The number of aliphatic carboxylic acids is 2. The van der Waals surface area contributed by atoms with Crippen LogP contribution in [0.5, 0.6) is 0 Å². The van der Waals surface area contributed by atoms with Crippen LogP contribution in [-0.4, -0.2) is 45.9 Å². The van der Waals surface area contributed by atoms with Gasteiger partial charge in [0.1, 0.15) is 0 Å². The number of rotatable bonds is 5. The fourth-order valence-electron chi connectivity index (χ4n) is 0.604. The first-order chi connectivity index (χ1) is 7.79. The Morgan fingerprint density at radius 3 is 1.82 bits per heavy atom. The number of carbonyl (C=O) groups is 3. The fourth-order valence-corrected chi connectivity index (χ4v) is 0.604. The highest BCUT2D eigenvalue weighted by Gasteiger charge is 2.04. The average molecular weight is 248 g/mol. The molecule has 0 rings (SSSR count). The van der Waals surface area contributed by atoms with Crippen molar-refractivity contribution in [2.45, 2.75) is 26.4 Å². The molecule has 0 aliphatic carbocycles. The van der Waals surface area contributed by atoms with Crippen molar-refractivity contribution in [3.8, 4) is 0 Å². The SMILES string of the molecule is CCOC(=O)CC(C)O.O=C(O)/C=C/C(=O)O. The molecule has 0 aromatic rings. The number of hydrogen-bond acceptors (Lipinski definition) is 5. The summed E-state index contributed by atoms with van der Waals surface area (Å²) in [6.07, 6.45) is 0.613. The van der Waals surface area contributed by atoms with E-state index in [1.165, 1.54) is 0 Å². The molecule has 0 radical (unpaired) electrons. The first-order valence-electron chi connectivity index (χ1n) is 4.77. The highest BCUT2D eigenvalue weighted by Crippen LogP contribution is 1.91. The second kappa shape index (κ2) is 10.6. The average Bonchev–Trinajstić information content (AvgIpc) is 2.14. The zero-order valence-electron chi connectivity index (χ0n) is 9.62. The molecule has 0 heterocycles. The van der Waals surface area contributed by atoms with E-state index >= 15 is 0 Å². The lowest BCUT2D eigenvalue weighted by Gasteiger charge is -2.01. The lowest BCUT2D eigenvalue weighted by Crippen LogP contribution is -2.11. The lowest BCUT2D eigenvalue weighted by molar-refractivity contribution is -0.145. The molecule has 3 N–H and O–H groups in total. The van der Waals surface area contributed by atoms with E-state index in [0.717, 1.165) is 0 Å². The van der Waals surface area contributed by atoms with Crippen LogP contribution in [-0.2, 0) is 19.1 Å². The molecular weight excluding hydrogens is 232 g/mol. The Morgan fingerprint density at radius 1 is 1.18 bits per heavy atom. The number of esters is 1. The van der Waals surface area contributed by atoms with E-state index in [-0.39, 0.29) is 12.4 Å². The lowest BCUT2D eigenvalue weighted by atomic mass is 10.3. The Morgan fingerprint density at radius 2 is 1.59 bits per heavy atom. The third-order valence-corrected chi connectivity index (χ3v) is 1.14. The standard InChI is InChI=1S/C6H12O3.C4H4O4/c1-3-9-6(8)4-5(2)7;5-3(6)1-2-4(7)8/h5,7H,3-4H2,1-2H3;1-2H,(H,5,6)(H,7,8)/b;2-1+. The molecule has 0 bridgehead atoms. The van der Waals surface area contributed by atoms with Crippen molar-refractivity contribution >= 4 is 17.9 Å². The van der Waals surface area contributed by atoms with Crippen molar-refractivity contribution in [3.63, 3.8) is 0 Å². The largest absolute Gasteiger partial charge is 0.478 e. The van der Waals surface area contributed by atoms with Crippen molar-refractivity contribution in [2.75, 3.05) is 6.61 Å². The molecule has 7 heteroatoms. The zero-order valence-corrected chi connectivity index (χ0v) is 9.62. The molecule has 0 saturated carbocycles. The molecule has 7 nitrogen and oxygen atoms in total. The van der Waals surface area contributed by atoms with Crippen LogP contribution in [0.15, 0.2) is 12.2 Å². The van der Waals surface area contributed by atoms with Gasteiger partial charge in [-0.1, -0.05) is 0 Å². The summed E-state index contributed by atoms with van der Waals surface area (Å²) >= 11 is 0. The van der Waals surface area contributed by atoms with Gasteiger partial charge in [-0.3, -0.25) is 4.79 Å². The zero-order chi connectivity index (χ0) is 13.8. The van der Waals surface area contributed by atoms with Gasteiger partial charge in [0.15, 0.2) is 0 Å². The van der Waals surface area contributed by atoms with Crippen LogP contribution < -0.4 is 0 Å². The van der Waals surface area contributed by atoms with Gasteiger partial charge in [0.05, 0.1) is 19.1 Å². The van der Waals surface area contributed by atoms with E-state index in [1.807, 2.05) is 0 Å². The Bertz CT molecular complexity index is 264. The molecule has 0 fully saturated rings. The molecule has 0 aromatic heterocycles. The van der Waals surface area contributed by atoms with E-state index in [0.29, 0.717) is 18.8 Å². The molecule has 0 aromatic carbocycles. The molecule has 0 spiro atoms. The normalized spacial score (nSPS) is 11.2. The van der Waals surface area contributed by atoms with E-state index in [9.17, 15) is 14.4 Å². The maximum absolute atomic E-state index is 10.5. The fraction of sp³-hybridized carbons (Fsp3) is 0.500. The number of hydrogen-bond donors (Lipinski definition) is 3. The molecular formula is C10H16O7. The van der Waals surface area contributed by atoms with Gasteiger partial charge in [0.2, 0.25) is 0 Å². The van der Waals surface area contributed by atoms with Crippen molar-refractivity contribution in [1.82, 2.24) is 0 Å². The van der Waals surface area contributed by atoms with Gasteiger partial charge in [-0.05, 0) is 13.8 Å². The number of ether oxygens (including phenoxy) is 1. The molecule has 0 saturated heterocycles. The summed E-state index contributed by atoms with van der Waals surface area (Å²) in [5, 5.41) is 24.3. The number of carboxylic acid groups (broad SMARTS) is 2. The number of aliphatic hydroxyl groups excluding tert-OH is 1. The summed E-state index contributed by atoms with van der Waals surface area (Å²) in [4.78, 5) is 29.6. The van der Waals surface area contributed by atoms with Crippen LogP contribution in [0.3, 0.4) is 0 Å². The van der Waals surface area contributed by atoms with Crippen LogP contribution in [0.1, 0.15) is 20.3 Å². The Labute approximate surface area is 98.3 Å². The molecule has 17 heavy (non-hydrogen) atoms. The predicted octanol–water partition coefficient (Wildman–Crippen LogP) is 0.0322. The van der Waals surface area contributed by atoms with Crippen LogP contribution >= 0.6 is 0 Å². The third kappa shape index (κ3) is 20.2. The Kier molecular flexibility index (Phi) is 10.9. The first kappa shape index (κ1) is 17.5. The van der Waals surface area contributed by atoms with Gasteiger partial charge >= 0.3 is 17.9 Å². The highest BCUT2D eigenvalue weighted by molar-refractivity contribution is 5.89. The van der Waals surface area contributed by atoms with Crippen LogP contribution in [0, 0.1) is 0 Å². The minimum Gasteiger partial charge on any atom is -0.478 e. The molecule has 0 aliphatic rings. The quantitative estimate of drug-likeness (QED) is 0.463. The van der Waals surface area contributed by atoms with Gasteiger partial charge in [0.25, 0.3) is 0 Å². The topological polar surface area (TPSA) is 121 Å². The Balaban J connectivity index is 0. The Hall–Kier alpha value is -1.89. The van der Waals surface area contributed by atoms with Crippen molar-refractivity contribution in [3.05, 3.63) is 12.2 Å². The van der Waals surface area contributed by atoms with Crippen molar-refractivity contribution in [1.29, 1.82) is 0 Å². The van der Waals surface area contributed by atoms with Crippen molar-refractivity contribution in [2.24, 2.45) is 0 Å². The van der Waals surface area contributed by atoms with Gasteiger partial charge in [-0.15, -0.1) is 0 Å². The number of carboxylic acids is 2. The molecule has 0 aliphatic heterocycles. The summed E-state index contributed by atoms with van der Waals surface area (Å²) in [7, 11) is 0. The van der Waals surface area contributed by atoms with Gasteiger partial charge in [0, 0.05) is 12.2 Å². The minimum atomic E-state index is -1.26. The maximum Gasteiger partial charge on any atom is 0.328 e. The molecule has 0 amide bonds. The summed E-state index contributed by atoms with van der Waals surface area (Å²) in [5.41, 5.74) is 0. The summed E-state index contributed by atoms with van der Waals surface area (Å²) in [6.45, 7) is 3.67. The van der Waals surface area contributed by atoms with Crippen LogP contribution in [0.2, 0.25) is 0 Å². The molecule has 1 atom stereocenters. The maximum atomic E-state index is 10.5. The molecule has 1 unspecified atom stereocenters. The summed E-state index contributed by atoms with van der Waals surface area (Å²) < 4.78 is 4.55. The van der Waals surface area contributed by atoms with Gasteiger partial charge in [-0.2, -0.15) is 0 Å². The van der Waals surface area contributed by atoms with E-state index in [2.05, 4.69) is 4.74 Å². The van der Waals surface area contributed by atoms with Crippen LogP contribution in [0.4, 0.5) is 0 Å². The first-order valence-corrected chi connectivity index (χ1v) is 4.77. The highest BCUT2D eigenvalue weighted by atomic mass is 16.5. The second-order valence-corrected chi connectivity index (χ2v) is 2.87. The number of aliphatic hydroxyl groups is 1. The smallest absolute Gasteiger partial charge is 0.328 e. The van der Waals surface area contributed by atoms with Gasteiger partial charge in [-0.25, -0.2) is 9.59 Å². The monoisotopic (exact) mass is 248 g/mol. The van der Waals surface area contributed by atoms with Crippen LogP contribution in [0.25, 0.3) is 0 Å².